The lowest BCUT2D eigenvalue weighted by atomic mass is 10.2. The van der Waals surface area contributed by atoms with E-state index in [4.69, 9.17) is 4.74 Å². The summed E-state index contributed by atoms with van der Waals surface area (Å²) in [5.41, 5.74) is 2.71. The molecule has 2 aromatic heterocycles. The van der Waals surface area contributed by atoms with Gasteiger partial charge in [-0.15, -0.1) is 10.2 Å². The van der Waals surface area contributed by atoms with Gasteiger partial charge in [0.25, 0.3) is 0 Å². The van der Waals surface area contributed by atoms with E-state index in [0.29, 0.717) is 17.4 Å². The number of nitrogens with zero attached hydrogens (tertiary/aromatic N) is 4. The monoisotopic (exact) mass is 431 g/mol. The molecule has 0 radical (unpaired) electrons. The molecule has 4 rings (SSSR count). The van der Waals surface area contributed by atoms with Crippen molar-refractivity contribution in [2.45, 2.75) is 11.7 Å². The maximum Gasteiger partial charge on any atom is 0.234 e. The zero-order valence-electron chi connectivity index (χ0n) is 16.9. The van der Waals surface area contributed by atoms with E-state index in [-0.39, 0.29) is 11.7 Å². The number of benzene rings is 2. The fourth-order valence-electron chi connectivity index (χ4n) is 3.01. The summed E-state index contributed by atoms with van der Waals surface area (Å²) in [5.74, 6) is 1.55. The summed E-state index contributed by atoms with van der Waals surface area (Å²) in [6.45, 7) is 0.598. The van der Waals surface area contributed by atoms with Crippen LogP contribution in [0.25, 0.3) is 11.4 Å². The minimum atomic E-state index is -0.118. The SMILES string of the molecule is COc1ccc(NC(=O)CSc2nnc(-c3cccnc3)n2Cc2ccccc2)cc1. The summed E-state index contributed by atoms with van der Waals surface area (Å²) in [4.78, 5) is 16.6. The van der Waals surface area contributed by atoms with E-state index < -0.39 is 0 Å². The minimum Gasteiger partial charge on any atom is -0.497 e. The van der Waals surface area contributed by atoms with E-state index in [0.717, 1.165) is 22.7 Å². The Labute approximate surface area is 184 Å². The lowest BCUT2D eigenvalue weighted by molar-refractivity contribution is -0.113. The number of carbonyl (C=O) groups excluding carboxylic acids is 1. The molecular weight excluding hydrogens is 410 g/mol. The first-order valence-corrected chi connectivity index (χ1v) is 10.7. The van der Waals surface area contributed by atoms with Gasteiger partial charge in [0.2, 0.25) is 5.91 Å². The van der Waals surface area contributed by atoms with Crippen LogP contribution in [0, 0.1) is 0 Å². The molecule has 2 heterocycles. The van der Waals surface area contributed by atoms with Crippen molar-refractivity contribution in [3.63, 3.8) is 0 Å². The standard InChI is InChI=1S/C23H21N5O2S/c1-30-20-11-9-19(10-12-20)25-21(29)16-31-23-27-26-22(18-8-5-13-24-14-18)28(23)15-17-6-3-2-4-7-17/h2-14H,15-16H2,1H3,(H,25,29). The van der Waals surface area contributed by atoms with E-state index in [9.17, 15) is 4.79 Å². The molecule has 0 unspecified atom stereocenters. The van der Waals surface area contributed by atoms with Crippen LogP contribution in [0.5, 0.6) is 5.75 Å². The zero-order valence-corrected chi connectivity index (χ0v) is 17.7. The van der Waals surface area contributed by atoms with Gasteiger partial charge in [-0.05, 0) is 42.0 Å². The molecule has 156 valence electrons. The van der Waals surface area contributed by atoms with Crippen LogP contribution in [-0.4, -0.2) is 38.5 Å². The number of pyridine rings is 1. The maximum atomic E-state index is 12.5. The first-order chi connectivity index (χ1) is 15.2. The first-order valence-electron chi connectivity index (χ1n) is 9.67. The first kappa shape index (κ1) is 20.6. The van der Waals surface area contributed by atoms with E-state index in [1.807, 2.05) is 34.9 Å². The van der Waals surface area contributed by atoms with Gasteiger partial charge in [-0.3, -0.25) is 14.3 Å². The van der Waals surface area contributed by atoms with Gasteiger partial charge < -0.3 is 10.1 Å². The number of anilines is 1. The number of carbonyl (C=O) groups is 1. The van der Waals surface area contributed by atoms with Gasteiger partial charge in [-0.1, -0.05) is 42.1 Å². The molecule has 0 saturated carbocycles. The molecule has 0 spiro atoms. The second-order valence-electron chi connectivity index (χ2n) is 6.68. The van der Waals surface area contributed by atoms with E-state index >= 15 is 0 Å². The third kappa shape index (κ3) is 5.29. The average Bonchev–Trinajstić information content (AvgIpc) is 3.22. The smallest absolute Gasteiger partial charge is 0.234 e. The van der Waals surface area contributed by atoms with Crippen LogP contribution < -0.4 is 10.1 Å². The van der Waals surface area contributed by atoms with Crippen molar-refractivity contribution in [2.75, 3.05) is 18.2 Å². The summed E-state index contributed by atoms with van der Waals surface area (Å²) in [5, 5.41) is 12.3. The quantitative estimate of drug-likeness (QED) is 0.423. The number of rotatable bonds is 8. The highest BCUT2D eigenvalue weighted by Crippen LogP contribution is 2.25. The predicted molar refractivity (Wildman–Crippen MR) is 121 cm³/mol. The Balaban J connectivity index is 1.50. The third-order valence-electron chi connectivity index (χ3n) is 4.53. The molecule has 0 aliphatic carbocycles. The summed E-state index contributed by atoms with van der Waals surface area (Å²) in [6, 6.07) is 21.1. The number of hydrogen-bond donors (Lipinski definition) is 1. The van der Waals surface area contributed by atoms with Gasteiger partial charge in [0, 0.05) is 23.6 Å². The third-order valence-corrected chi connectivity index (χ3v) is 5.49. The summed E-state index contributed by atoms with van der Waals surface area (Å²) < 4.78 is 7.15. The number of amides is 1. The van der Waals surface area contributed by atoms with Crippen molar-refractivity contribution >= 4 is 23.4 Å². The van der Waals surface area contributed by atoms with Crippen LogP contribution in [0.1, 0.15) is 5.56 Å². The van der Waals surface area contributed by atoms with E-state index in [1.165, 1.54) is 11.8 Å². The minimum absolute atomic E-state index is 0.118. The van der Waals surface area contributed by atoms with Gasteiger partial charge in [-0.25, -0.2) is 0 Å². The maximum absolute atomic E-state index is 12.5. The number of hydrogen-bond acceptors (Lipinski definition) is 6. The zero-order chi connectivity index (χ0) is 21.5. The normalized spacial score (nSPS) is 10.6. The molecule has 0 bridgehead atoms. The Morgan fingerprint density at radius 3 is 2.55 bits per heavy atom. The highest BCUT2D eigenvalue weighted by molar-refractivity contribution is 7.99. The molecular formula is C23H21N5O2S. The summed E-state index contributed by atoms with van der Waals surface area (Å²) in [6.07, 6.45) is 3.48. The van der Waals surface area contributed by atoms with Gasteiger partial charge in [0.1, 0.15) is 5.75 Å². The van der Waals surface area contributed by atoms with Crippen LogP contribution in [-0.2, 0) is 11.3 Å². The largest absolute Gasteiger partial charge is 0.497 e. The average molecular weight is 432 g/mol. The molecule has 7 nitrogen and oxygen atoms in total. The number of methoxy groups -OCH3 is 1. The highest BCUT2D eigenvalue weighted by atomic mass is 32.2. The topological polar surface area (TPSA) is 81.9 Å². The predicted octanol–water partition coefficient (Wildman–Crippen LogP) is 4.13. The molecule has 1 N–H and O–H groups in total. The van der Waals surface area contributed by atoms with Crippen LogP contribution in [0.4, 0.5) is 5.69 Å². The molecule has 0 fully saturated rings. The number of thioether (sulfide) groups is 1. The van der Waals surface area contributed by atoms with E-state index in [1.54, 1.807) is 43.8 Å². The fourth-order valence-corrected chi connectivity index (χ4v) is 3.75. The van der Waals surface area contributed by atoms with Gasteiger partial charge in [0.05, 0.1) is 19.4 Å². The molecule has 1 amide bonds. The van der Waals surface area contributed by atoms with Crippen molar-refractivity contribution in [2.24, 2.45) is 0 Å². The molecule has 31 heavy (non-hydrogen) atoms. The van der Waals surface area contributed by atoms with Crippen molar-refractivity contribution in [1.29, 1.82) is 0 Å². The second-order valence-corrected chi connectivity index (χ2v) is 7.63. The van der Waals surface area contributed by atoms with E-state index in [2.05, 4.69) is 32.6 Å². The van der Waals surface area contributed by atoms with Crippen LogP contribution in [0.15, 0.2) is 84.3 Å². The fraction of sp³-hybridized carbons (Fsp3) is 0.130. The van der Waals surface area contributed by atoms with Gasteiger partial charge >= 0.3 is 0 Å². The van der Waals surface area contributed by atoms with Crippen molar-refractivity contribution in [1.82, 2.24) is 19.7 Å². The summed E-state index contributed by atoms with van der Waals surface area (Å²) in [7, 11) is 1.61. The lowest BCUT2D eigenvalue weighted by Crippen LogP contribution is -2.14. The molecule has 8 heteroatoms. The molecule has 0 aliphatic rings. The number of nitrogens with one attached hydrogen (secondary N) is 1. The molecule has 0 saturated heterocycles. The van der Waals surface area contributed by atoms with Crippen LogP contribution in [0.2, 0.25) is 0 Å². The Morgan fingerprint density at radius 2 is 1.84 bits per heavy atom. The highest BCUT2D eigenvalue weighted by Gasteiger charge is 2.16. The van der Waals surface area contributed by atoms with Crippen LogP contribution in [0.3, 0.4) is 0 Å². The number of aromatic nitrogens is 4. The Bertz CT molecular complexity index is 1130. The van der Waals surface area contributed by atoms with Crippen molar-refractivity contribution in [3.8, 4) is 17.1 Å². The Hall–Kier alpha value is -3.65. The molecule has 0 aliphatic heterocycles. The van der Waals surface area contributed by atoms with Crippen molar-refractivity contribution < 1.29 is 9.53 Å². The van der Waals surface area contributed by atoms with Crippen LogP contribution >= 0.6 is 11.8 Å². The number of ether oxygens (including phenoxy) is 1. The molecule has 4 aromatic rings. The molecule has 2 aromatic carbocycles. The second kappa shape index (κ2) is 9.90. The Morgan fingerprint density at radius 1 is 1.03 bits per heavy atom. The Kier molecular flexibility index (Phi) is 6.59. The summed E-state index contributed by atoms with van der Waals surface area (Å²) >= 11 is 1.35. The van der Waals surface area contributed by atoms with Gasteiger partial charge in [-0.2, -0.15) is 0 Å². The lowest BCUT2D eigenvalue weighted by Gasteiger charge is -2.10. The van der Waals surface area contributed by atoms with Gasteiger partial charge in [0.15, 0.2) is 11.0 Å². The molecule has 0 atom stereocenters. The van der Waals surface area contributed by atoms with Crippen molar-refractivity contribution in [3.05, 3.63) is 84.7 Å².